The number of rotatable bonds is 1. The molecule has 0 spiro atoms. The normalized spacial score (nSPS) is 7.17. The summed E-state index contributed by atoms with van der Waals surface area (Å²) in [6.45, 7) is 16.8. The third kappa shape index (κ3) is 57.2. The third-order valence-corrected chi connectivity index (χ3v) is 0.471. The lowest BCUT2D eigenvalue weighted by Gasteiger charge is -1.72. The smallest absolute Gasteiger partial charge is 0.118 e. The van der Waals surface area contributed by atoms with Gasteiger partial charge >= 0.3 is 0 Å². The van der Waals surface area contributed by atoms with Gasteiger partial charge in [-0.3, -0.25) is 0 Å². The van der Waals surface area contributed by atoms with Gasteiger partial charge in [0.25, 0.3) is 0 Å². The standard InChI is InChI=1S/C5H7F.3C2H6/c1-3-5(6)4-2;3*1-2/h3-4H,1H2,2H3;3*1-2H3/b5-4+;;;. The highest BCUT2D eigenvalue weighted by atomic mass is 19.1. The zero-order chi connectivity index (χ0) is 11.0. The summed E-state index contributed by atoms with van der Waals surface area (Å²) in [6.07, 6.45) is 2.52. The minimum Gasteiger partial charge on any atom is -0.207 e. The quantitative estimate of drug-likeness (QED) is 0.486. The monoisotopic (exact) mass is 176 g/mol. The minimum absolute atomic E-state index is 0.269. The molecule has 0 aliphatic rings. The van der Waals surface area contributed by atoms with Gasteiger partial charge in [-0.1, -0.05) is 54.2 Å². The van der Waals surface area contributed by atoms with Gasteiger partial charge in [-0.15, -0.1) is 0 Å². The Kier molecular flexibility index (Phi) is 88.9. The van der Waals surface area contributed by atoms with E-state index in [1.807, 2.05) is 41.5 Å². The maximum atomic E-state index is 11.6. The van der Waals surface area contributed by atoms with E-state index in [4.69, 9.17) is 0 Å². The number of hydrogen-bond acceptors (Lipinski definition) is 0. The molecule has 76 valence electrons. The van der Waals surface area contributed by atoms with Crippen molar-refractivity contribution in [1.29, 1.82) is 0 Å². The lowest BCUT2D eigenvalue weighted by atomic mass is 10.5. The summed E-state index contributed by atoms with van der Waals surface area (Å²) >= 11 is 0. The maximum absolute atomic E-state index is 11.6. The van der Waals surface area contributed by atoms with E-state index in [-0.39, 0.29) is 5.83 Å². The summed E-state index contributed by atoms with van der Waals surface area (Å²) < 4.78 is 11.6. The van der Waals surface area contributed by atoms with Crippen molar-refractivity contribution in [1.82, 2.24) is 0 Å². The molecule has 0 N–H and O–H groups in total. The minimum atomic E-state index is -0.269. The average Bonchev–Trinajstić information content (AvgIpc) is 2.25. The lowest BCUT2D eigenvalue weighted by molar-refractivity contribution is 0.665. The van der Waals surface area contributed by atoms with Crippen molar-refractivity contribution in [2.75, 3.05) is 0 Å². The van der Waals surface area contributed by atoms with Gasteiger partial charge in [-0.2, -0.15) is 0 Å². The van der Waals surface area contributed by atoms with Crippen LogP contribution in [0.2, 0.25) is 0 Å². The van der Waals surface area contributed by atoms with Gasteiger partial charge in [0, 0.05) is 0 Å². The Morgan fingerprint density at radius 1 is 1.00 bits per heavy atom. The van der Waals surface area contributed by atoms with E-state index in [1.54, 1.807) is 6.92 Å². The summed E-state index contributed by atoms with van der Waals surface area (Å²) in [5.74, 6) is -0.269. The molecule has 0 saturated heterocycles. The summed E-state index contributed by atoms with van der Waals surface area (Å²) in [5.41, 5.74) is 0. The van der Waals surface area contributed by atoms with Crippen molar-refractivity contribution >= 4 is 0 Å². The molecule has 0 fully saturated rings. The van der Waals surface area contributed by atoms with Crippen molar-refractivity contribution in [3.05, 3.63) is 24.6 Å². The van der Waals surface area contributed by atoms with Crippen molar-refractivity contribution in [3.63, 3.8) is 0 Å². The second kappa shape index (κ2) is 47.4. The molecule has 0 aliphatic heterocycles. The number of halogens is 1. The van der Waals surface area contributed by atoms with Crippen LogP contribution in [0.5, 0.6) is 0 Å². The average molecular weight is 176 g/mol. The van der Waals surface area contributed by atoms with Gasteiger partial charge in [0.1, 0.15) is 5.83 Å². The van der Waals surface area contributed by atoms with Gasteiger partial charge < -0.3 is 0 Å². The van der Waals surface area contributed by atoms with E-state index in [0.717, 1.165) is 0 Å². The maximum Gasteiger partial charge on any atom is 0.118 e. The van der Waals surface area contributed by atoms with Crippen LogP contribution in [0.1, 0.15) is 48.5 Å². The zero-order valence-corrected chi connectivity index (χ0v) is 9.74. The summed E-state index contributed by atoms with van der Waals surface area (Å²) in [4.78, 5) is 0. The first-order chi connectivity index (χ1) is 5.81. The second-order valence-corrected chi connectivity index (χ2v) is 0.878. The van der Waals surface area contributed by atoms with Crippen LogP contribution in [0.4, 0.5) is 4.39 Å². The molecule has 0 nitrogen and oxygen atoms in total. The fourth-order valence-electron chi connectivity index (χ4n) is 0.118. The summed E-state index contributed by atoms with van der Waals surface area (Å²) in [7, 11) is 0. The lowest BCUT2D eigenvalue weighted by Crippen LogP contribution is -1.53. The predicted molar refractivity (Wildman–Crippen MR) is 59.1 cm³/mol. The SMILES string of the molecule is C=C/C(F)=C\C.CC.CC.CC. The molecular formula is C11H25F. The Labute approximate surface area is 78.2 Å². The van der Waals surface area contributed by atoms with Crippen molar-refractivity contribution in [2.24, 2.45) is 0 Å². The van der Waals surface area contributed by atoms with E-state index in [1.165, 1.54) is 12.2 Å². The summed E-state index contributed by atoms with van der Waals surface area (Å²) in [5, 5.41) is 0. The van der Waals surface area contributed by atoms with Crippen LogP contribution in [0.25, 0.3) is 0 Å². The van der Waals surface area contributed by atoms with Crippen LogP contribution >= 0.6 is 0 Å². The van der Waals surface area contributed by atoms with Crippen LogP contribution in [0, 0.1) is 0 Å². The van der Waals surface area contributed by atoms with E-state index in [9.17, 15) is 4.39 Å². The number of hydrogen-bond donors (Lipinski definition) is 0. The Balaban J connectivity index is -0.0000000453. The molecule has 0 heterocycles. The molecule has 0 amide bonds. The fourth-order valence-corrected chi connectivity index (χ4v) is 0.118. The Morgan fingerprint density at radius 2 is 1.25 bits per heavy atom. The Morgan fingerprint density at radius 3 is 1.25 bits per heavy atom. The van der Waals surface area contributed by atoms with Crippen LogP contribution in [0.3, 0.4) is 0 Å². The number of allylic oxidation sites excluding steroid dienone is 3. The van der Waals surface area contributed by atoms with Gasteiger partial charge in [-0.05, 0) is 13.0 Å². The predicted octanol–water partition coefficient (Wildman–Crippen LogP) is 5.12. The molecule has 0 aromatic rings. The molecule has 0 atom stereocenters. The molecule has 12 heavy (non-hydrogen) atoms. The first-order valence-corrected chi connectivity index (χ1v) is 4.75. The van der Waals surface area contributed by atoms with E-state index < -0.39 is 0 Å². The van der Waals surface area contributed by atoms with Gasteiger partial charge in [-0.25, -0.2) is 4.39 Å². The zero-order valence-electron chi connectivity index (χ0n) is 9.74. The fraction of sp³-hybridized carbons (Fsp3) is 0.636. The highest BCUT2D eigenvalue weighted by molar-refractivity contribution is 5.04. The molecule has 1 heteroatoms. The molecule has 0 aliphatic carbocycles. The van der Waals surface area contributed by atoms with Gasteiger partial charge in [0.15, 0.2) is 0 Å². The van der Waals surface area contributed by atoms with Gasteiger partial charge in [0.2, 0.25) is 0 Å². The Bertz CT molecular complexity index is 73.1. The van der Waals surface area contributed by atoms with E-state index in [2.05, 4.69) is 6.58 Å². The summed E-state index contributed by atoms with van der Waals surface area (Å²) in [6, 6.07) is 0. The van der Waals surface area contributed by atoms with E-state index >= 15 is 0 Å². The molecule has 0 bridgehead atoms. The highest BCUT2D eigenvalue weighted by Gasteiger charge is 1.73. The molecule has 0 aromatic carbocycles. The Hall–Kier alpha value is -0.590. The van der Waals surface area contributed by atoms with Crippen molar-refractivity contribution < 1.29 is 4.39 Å². The van der Waals surface area contributed by atoms with Crippen LogP contribution in [-0.4, -0.2) is 0 Å². The molecule has 0 rings (SSSR count). The largest absolute Gasteiger partial charge is 0.207 e. The topological polar surface area (TPSA) is 0 Å². The van der Waals surface area contributed by atoms with E-state index in [0.29, 0.717) is 0 Å². The molecular weight excluding hydrogens is 151 g/mol. The molecule has 0 aromatic heterocycles. The van der Waals surface area contributed by atoms with Crippen molar-refractivity contribution in [3.8, 4) is 0 Å². The van der Waals surface area contributed by atoms with Crippen molar-refractivity contribution in [2.45, 2.75) is 48.5 Å². The third-order valence-electron chi connectivity index (χ3n) is 0.471. The molecule has 0 unspecified atom stereocenters. The molecule has 0 radical (unpaired) electrons. The highest BCUT2D eigenvalue weighted by Crippen LogP contribution is 1.92. The van der Waals surface area contributed by atoms with Crippen LogP contribution in [-0.2, 0) is 0 Å². The first-order valence-electron chi connectivity index (χ1n) is 4.75. The van der Waals surface area contributed by atoms with Crippen LogP contribution in [0.15, 0.2) is 24.6 Å². The van der Waals surface area contributed by atoms with Gasteiger partial charge in [0.05, 0.1) is 0 Å². The second-order valence-electron chi connectivity index (χ2n) is 0.878. The molecule has 0 saturated carbocycles. The first kappa shape index (κ1) is 22.5. The van der Waals surface area contributed by atoms with Crippen LogP contribution < -0.4 is 0 Å².